The maximum atomic E-state index is 11.2. The highest BCUT2D eigenvalue weighted by Crippen LogP contribution is 2.24. The van der Waals surface area contributed by atoms with Crippen LogP contribution in [0.2, 0.25) is 5.02 Å². The number of nitrogens with zero attached hydrogens (tertiary/aromatic N) is 1. The molecule has 1 amide bonds. The van der Waals surface area contributed by atoms with E-state index in [1.54, 1.807) is 18.2 Å². The van der Waals surface area contributed by atoms with E-state index in [2.05, 4.69) is 17.4 Å². The number of nitrogens with one attached hydrogen (secondary N) is 1. The van der Waals surface area contributed by atoms with Crippen molar-refractivity contribution in [1.29, 1.82) is 0 Å². The second-order valence-electron chi connectivity index (χ2n) is 4.97. The van der Waals surface area contributed by atoms with Crippen molar-refractivity contribution in [2.24, 2.45) is 5.73 Å². The van der Waals surface area contributed by atoms with E-state index < -0.39 is 5.91 Å². The summed E-state index contributed by atoms with van der Waals surface area (Å²) in [6, 6.07) is 13.2. The van der Waals surface area contributed by atoms with E-state index in [0.717, 1.165) is 11.3 Å². The minimum absolute atomic E-state index is 0.435. The molecule has 0 heterocycles. The van der Waals surface area contributed by atoms with Crippen LogP contribution in [0.3, 0.4) is 0 Å². The lowest BCUT2D eigenvalue weighted by atomic mass is 10.1. The molecule has 21 heavy (non-hydrogen) atoms. The Balaban J connectivity index is 2.09. The van der Waals surface area contributed by atoms with Crippen LogP contribution in [0.15, 0.2) is 42.5 Å². The standard InChI is InChI=1S/C16H18ClN3O/c1-20(2)13-6-3-11(4-7-13)10-19-15-9-12(16(18)21)5-8-14(15)17/h3-9,19H,10H2,1-2H3,(H2,18,21). The van der Waals surface area contributed by atoms with Crippen molar-refractivity contribution < 1.29 is 4.79 Å². The number of amides is 1. The summed E-state index contributed by atoms with van der Waals surface area (Å²) in [4.78, 5) is 13.2. The Morgan fingerprint density at radius 2 is 1.86 bits per heavy atom. The fourth-order valence-electron chi connectivity index (χ4n) is 1.92. The average Bonchev–Trinajstić information content (AvgIpc) is 2.46. The number of primary amides is 1. The third-order valence-corrected chi connectivity index (χ3v) is 3.52. The van der Waals surface area contributed by atoms with E-state index >= 15 is 0 Å². The quantitative estimate of drug-likeness (QED) is 0.892. The van der Waals surface area contributed by atoms with Crippen LogP contribution in [-0.4, -0.2) is 20.0 Å². The van der Waals surface area contributed by atoms with Crippen molar-refractivity contribution in [3.8, 4) is 0 Å². The van der Waals surface area contributed by atoms with Gasteiger partial charge in [-0.2, -0.15) is 0 Å². The molecule has 110 valence electrons. The zero-order valence-electron chi connectivity index (χ0n) is 12.1. The Hall–Kier alpha value is -2.20. The van der Waals surface area contributed by atoms with E-state index in [1.807, 2.05) is 31.1 Å². The number of carbonyl (C=O) groups excluding carboxylic acids is 1. The smallest absolute Gasteiger partial charge is 0.248 e. The predicted octanol–water partition coefficient (Wildman–Crippen LogP) is 3.12. The molecule has 3 N–H and O–H groups in total. The number of benzene rings is 2. The van der Waals surface area contributed by atoms with Gasteiger partial charge in [0.15, 0.2) is 0 Å². The lowest BCUT2D eigenvalue weighted by Crippen LogP contribution is -2.11. The van der Waals surface area contributed by atoms with Gasteiger partial charge in [-0.25, -0.2) is 0 Å². The van der Waals surface area contributed by atoms with Gasteiger partial charge >= 0.3 is 0 Å². The molecule has 0 saturated carbocycles. The summed E-state index contributed by atoms with van der Waals surface area (Å²) < 4.78 is 0. The number of hydrogen-bond acceptors (Lipinski definition) is 3. The van der Waals surface area contributed by atoms with E-state index in [1.165, 1.54) is 0 Å². The lowest BCUT2D eigenvalue weighted by molar-refractivity contribution is 0.100. The van der Waals surface area contributed by atoms with Crippen LogP contribution >= 0.6 is 11.6 Å². The Bertz CT molecular complexity index is 638. The zero-order chi connectivity index (χ0) is 15.4. The minimum atomic E-state index is -0.468. The van der Waals surface area contributed by atoms with Crippen molar-refractivity contribution in [3.05, 3.63) is 58.6 Å². The summed E-state index contributed by atoms with van der Waals surface area (Å²) in [5.74, 6) is -0.468. The summed E-state index contributed by atoms with van der Waals surface area (Å²) >= 11 is 6.11. The third kappa shape index (κ3) is 3.89. The minimum Gasteiger partial charge on any atom is -0.380 e. The van der Waals surface area contributed by atoms with Gasteiger partial charge in [-0.05, 0) is 35.9 Å². The fraction of sp³-hybridized carbons (Fsp3) is 0.188. The van der Waals surface area contributed by atoms with Crippen LogP contribution in [0.4, 0.5) is 11.4 Å². The molecule has 4 nitrogen and oxygen atoms in total. The van der Waals surface area contributed by atoms with Crippen molar-refractivity contribution in [2.75, 3.05) is 24.3 Å². The molecule has 0 unspecified atom stereocenters. The largest absolute Gasteiger partial charge is 0.380 e. The van der Waals surface area contributed by atoms with Gasteiger partial charge in [0.05, 0.1) is 10.7 Å². The molecular weight excluding hydrogens is 286 g/mol. The molecule has 0 atom stereocenters. The van der Waals surface area contributed by atoms with Crippen LogP contribution in [-0.2, 0) is 6.54 Å². The number of rotatable bonds is 5. The van der Waals surface area contributed by atoms with Gasteiger partial charge in [0.1, 0.15) is 0 Å². The molecule has 2 rings (SSSR count). The van der Waals surface area contributed by atoms with E-state index in [4.69, 9.17) is 17.3 Å². The zero-order valence-corrected chi connectivity index (χ0v) is 12.8. The molecule has 2 aromatic carbocycles. The summed E-state index contributed by atoms with van der Waals surface area (Å²) in [6.07, 6.45) is 0. The van der Waals surface area contributed by atoms with Gasteiger partial charge in [0.2, 0.25) is 5.91 Å². The number of carbonyl (C=O) groups is 1. The van der Waals surface area contributed by atoms with Gasteiger partial charge in [-0.3, -0.25) is 4.79 Å². The first kappa shape index (κ1) is 15.2. The molecule has 2 aromatic rings. The fourth-order valence-corrected chi connectivity index (χ4v) is 2.11. The first-order valence-corrected chi connectivity index (χ1v) is 6.94. The molecule has 0 bridgehead atoms. The third-order valence-electron chi connectivity index (χ3n) is 3.19. The number of nitrogens with two attached hydrogens (primary N) is 1. The topological polar surface area (TPSA) is 58.4 Å². The maximum Gasteiger partial charge on any atom is 0.248 e. The maximum absolute atomic E-state index is 11.2. The van der Waals surface area contributed by atoms with Crippen LogP contribution in [0.5, 0.6) is 0 Å². The highest BCUT2D eigenvalue weighted by atomic mass is 35.5. The van der Waals surface area contributed by atoms with Gasteiger partial charge < -0.3 is 16.0 Å². The molecule has 0 spiro atoms. The van der Waals surface area contributed by atoms with Gasteiger partial charge in [0.25, 0.3) is 0 Å². The van der Waals surface area contributed by atoms with E-state index in [0.29, 0.717) is 22.8 Å². The molecule has 5 heteroatoms. The monoisotopic (exact) mass is 303 g/mol. The van der Waals surface area contributed by atoms with Crippen LogP contribution in [0.25, 0.3) is 0 Å². The van der Waals surface area contributed by atoms with Crippen molar-refractivity contribution in [3.63, 3.8) is 0 Å². The molecule has 0 radical (unpaired) electrons. The van der Waals surface area contributed by atoms with Gasteiger partial charge in [0, 0.05) is 31.9 Å². The molecule has 0 aromatic heterocycles. The molecule has 0 aliphatic carbocycles. The second kappa shape index (κ2) is 6.50. The van der Waals surface area contributed by atoms with Crippen LogP contribution in [0, 0.1) is 0 Å². The van der Waals surface area contributed by atoms with Crippen molar-refractivity contribution in [2.45, 2.75) is 6.54 Å². The Morgan fingerprint density at radius 3 is 2.43 bits per heavy atom. The van der Waals surface area contributed by atoms with E-state index in [9.17, 15) is 4.79 Å². The highest BCUT2D eigenvalue weighted by molar-refractivity contribution is 6.33. The average molecular weight is 304 g/mol. The summed E-state index contributed by atoms with van der Waals surface area (Å²) in [5, 5.41) is 3.78. The van der Waals surface area contributed by atoms with E-state index in [-0.39, 0.29) is 0 Å². The molecular formula is C16H18ClN3O. The second-order valence-corrected chi connectivity index (χ2v) is 5.38. The van der Waals surface area contributed by atoms with Crippen LogP contribution in [0.1, 0.15) is 15.9 Å². The number of halogens is 1. The number of hydrogen-bond donors (Lipinski definition) is 2. The lowest BCUT2D eigenvalue weighted by Gasteiger charge is -2.13. The predicted molar refractivity (Wildman–Crippen MR) is 88.1 cm³/mol. The Morgan fingerprint density at radius 1 is 1.19 bits per heavy atom. The number of anilines is 2. The summed E-state index contributed by atoms with van der Waals surface area (Å²) in [5.41, 5.74) is 8.68. The normalized spacial score (nSPS) is 10.2. The molecule has 0 saturated heterocycles. The van der Waals surface area contributed by atoms with Gasteiger partial charge in [-0.1, -0.05) is 23.7 Å². The summed E-state index contributed by atoms with van der Waals surface area (Å²) in [7, 11) is 4.00. The molecule has 0 fully saturated rings. The van der Waals surface area contributed by atoms with Gasteiger partial charge in [-0.15, -0.1) is 0 Å². The molecule has 0 aliphatic rings. The van der Waals surface area contributed by atoms with Crippen molar-refractivity contribution >= 4 is 28.9 Å². The SMILES string of the molecule is CN(C)c1ccc(CNc2cc(C(N)=O)ccc2Cl)cc1. The Labute approximate surface area is 129 Å². The Kier molecular flexibility index (Phi) is 4.70. The first-order chi connectivity index (χ1) is 9.97. The van der Waals surface area contributed by atoms with Crippen LogP contribution < -0.4 is 16.0 Å². The first-order valence-electron chi connectivity index (χ1n) is 6.57. The summed E-state index contributed by atoms with van der Waals surface area (Å²) in [6.45, 7) is 0.621. The highest BCUT2D eigenvalue weighted by Gasteiger charge is 2.06. The molecule has 0 aliphatic heterocycles. The van der Waals surface area contributed by atoms with Crippen molar-refractivity contribution in [1.82, 2.24) is 0 Å².